The molecule has 2 fully saturated rings. The summed E-state index contributed by atoms with van der Waals surface area (Å²) < 4.78 is 24.3. The number of benzene rings is 2. The van der Waals surface area contributed by atoms with Crippen molar-refractivity contribution < 1.29 is 28.8 Å². The van der Waals surface area contributed by atoms with Gasteiger partial charge in [-0.15, -0.1) is 0 Å². The maximum Gasteiger partial charge on any atom is 0.220 e. The fourth-order valence-electron chi connectivity index (χ4n) is 4.51. The standard InChI is InChI=1S/C25H30NO6/c1-16(2)26(17(3)27)21-23(29-14-18-10-6-4-7-11-18)22-20(31-24(21)28)15-30-25(32-22)19-12-8-5-9-13-19/h4-13,16,20-25H,14-15H2,1-3H3/q-1/t20-,21-,22-,23+,24+,25?/m1/s1. The second-order valence-electron chi connectivity index (χ2n) is 8.49. The van der Waals surface area contributed by atoms with Crippen molar-refractivity contribution in [3.8, 4) is 0 Å². The van der Waals surface area contributed by atoms with Crippen molar-refractivity contribution in [2.24, 2.45) is 0 Å². The molecule has 2 aliphatic heterocycles. The Morgan fingerprint density at radius 1 is 1.09 bits per heavy atom. The zero-order valence-electron chi connectivity index (χ0n) is 18.6. The Bertz CT molecular complexity index is 877. The quantitative estimate of drug-likeness (QED) is 0.686. The minimum Gasteiger partial charge on any atom is -0.829 e. The molecule has 2 heterocycles. The molecule has 2 aromatic rings. The molecule has 0 radical (unpaired) electrons. The molecule has 0 N–H and O–H groups in total. The Hall–Kier alpha value is -2.29. The van der Waals surface area contributed by atoms with E-state index in [0.717, 1.165) is 11.1 Å². The fraction of sp³-hybridized carbons (Fsp3) is 0.480. The van der Waals surface area contributed by atoms with Crippen LogP contribution in [0.5, 0.6) is 0 Å². The van der Waals surface area contributed by atoms with Gasteiger partial charge >= 0.3 is 0 Å². The molecule has 6 atom stereocenters. The first-order chi connectivity index (χ1) is 15.5. The van der Waals surface area contributed by atoms with Crippen molar-refractivity contribution in [2.75, 3.05) is 6.61 Å². The second-order valence-corrected chi connectivity index (χ2v) is 8.49. The first-order valence-corrected chi connectivity index (χ1v) is 11.0. The van der Waals surface area contributed by atoms with E-state index in [1.807, 2.05) is 74.5 Å². The van der Waals surface area contributed by atoms with Gasteiger partial charge in [0.05, 0.1) is 19.3 Å². The molecule has 0 spiro atoms. The summed E-state index contributed by atoms with van der Waals surface area (Å²) in [6, 6.07) is 18.3. The van der Waals surface area contributed by atoms with E-state index in [1.54, 1.807) is 4.90 Å². The van der Waals surface area contributed by atoms with Gasteiger partial charge in [-0.1, -0.05) is 60.7 Å². The van der Waals surface area contributed by atoms with Gasteiger partial charge in [0.25, 0.3) is 0 Å². The number of carbonyl (C=O) groups is 1. The fourth-order valence-corrected chi connectivity index (χ4v) is 4.51. The third-order valence-electron chi connectivity index (χ3n) is 5.91. The number of fused-ring (bicyclic) bond motifs is 1. The minimum atomic E-state index is -1.47. The lowest BCUT2D eigenvalue weighted by Gasteiger charge is -2.55. The Morgan fingerprint density at radius 2 is 1.75 bits per heavy atom. The number of hydrogen-bond acceptors (Lipinski definition) is 6. The topological polar surface area (TPSA) is 80.3 Å². The summed E-state index contributed by atoms with van der Waals surface area (Å²) in [5.41, 5.74) is 1.85. The number of carbonyl (C=O) groups excluding carboxylic acids is 1. The highest BCUT2D eigenvalue weighted by atomic mass is 16.7. The highest BCUT2D eigenvalue weighted by Gasteiger charge is 2.50. The van der Waals surface area contributed by atoms with Crippen LogP contribution in [0.3, 0.4) is 0 Å². The molecule has 2 saturated heterocycles. The average molecular weight is 441 g/mol. The summed E-state index contributed by atoms with van der Waals surface area (Å²) in [5, 5.41) is 13.1. The summed E-state index contributed by atoms with van der Waals surface area (Å²) >= 11 is 0. The largest absolute Gasteiger partial charge is 0.829 e. The van der Waals surface area contributed by atoms with Gasteiger partial charge in [-0.25, -0.2) is 0 Å². The van der Waals surface area contributed by atoms with Crippen LogP contribution in [0.1, 0.15) is 38.2 Å². The molecule has 0 aromatic heterocycles. The predicted octanol–water partition coefficient (Wildman–Crippen LogP) is 2.40. The first-order valence-electron chi connectivity index (χ1n) is 11.0. The maximum absolute atomic E-state index is 13.1. The van der Waals surface area contributed by atoms with Crippen molar-refractivity contribution >= 4 is 5.91 Å². The van der Waals surface area contributed by atoms with Gasteiger partial charge in [0, 0.05) is 24.8 Å². The van der Waals surface area contributed by atoms with Crippen molar-refractivity contribution in [2.45, 2.75) is 70.4 Å². The van der Waals surface area contributed by atoms with Crippen molar-refractivity contribution in [3.63, 3.8) is 0 Å². The van der Waals surface area contributed by atoms with Gasteiger partial charge in [0.2, 0.25) is 5.91 Å². The Labute approximate surface area is 188 Å². The van der Waals surface area contributed by atoms with E-state index in [4.69, 9.17) is 18.9 Å². The van der Waals surface area contributed by atoms with Crippen LogP contribution in [0.15, 0.2) is 60.7 Å². The number of hydrogen-bond donors (Lipinski definition) is 0. The van der Waals surface area contributed by atoms with Gasteiger partial charge in [0.1, 0.15) is 18.3 Å². The van der Waals surface area contributed by atoms with Crippen LogP contribution < -0.4 is 5.11 Å². The molecule has 0 saturated carbocycles. The molecule has 7 heteroatoms. The monoisotopic (exact) mass is 440 g/mol. The van der Waals surface area contributed by atoms with E-state index < -0.39 is 36.9 Å². The summed E-state index contributed by atoms with van der Waals surface area (Å²) in [4.78, 5) is 14.1. The number of nitrogens with zero attached hydrogens (tertiary/aromatic N) is 1. The normalized spacial score (nSPS) is 30.0. The van der Waals surface area contributed by atoms with Gasteiger partial charge < -0.3 is 29.0 Å². The molecule has 2 aliphatic rings. The molecule has 0 aliphatic carbocycles. The lowest BCUT2D eigenvalue weighted by molar-refractivity contribution is -0.533. The van der Waals surface area contributed by atoms with E-state index >= 15 is 0 Å². The van der Waals surface area contributed by atoms with Gasteiger partial charge in [0.15, 0.2) is 6.29 Å². The summed E-state index contributed by atoms with van der Waals surface area (Å²) in [7, 11) is 0. The Balaban J connectivity index is 1.64. The van der Waals surface area contributed by atoms with Crippen molar-refractivity contribution in [1.82, 2.24) is 4.90 Å². The molecular formula is C25H30NO6-. The molecule has 172 valence electrons. The van der Waals surface area contributed by atoms with Crippen LogP contribution in [0.25, 0.3) is 0 Å². The molecule has 7 nitrogen and oxygen atoms in total. The SMILES string of the molecule is CC(=O)N(C(C)C)[C@@H]1[C@H](OCc2ccccc2)[C@@H]2OC(c3ccccc3)OC[C@H]2O[C@@H]1[O-]. The Kier molecular flexibility index (Phi) is 7.23. The Morgan fingerprint density at radius 3 is 2.38 bits per heavy atom. The van der Waals surface area contributed by atoms with Crippen LogP contribution in [0.2, 0.25) is 0 Å². The zero-order chi connectivity index (χ0) is 22.7. The lowest BCUT2D eigenvalue weighted by Crippen LogP contribution is -2.71. The third kappa shape index (κ3) is 4.87. The molecule has 1 unspecified atom stereocenters. The van der Waals surface area contributed by atoms with Crippen molar-refractivity contribution in [3.05, 3.63) is 71.8 Å². The van der Waals surface area contributed by atoms with E-state index in [9.17, 15) is 9.90 Å². The van der Waals surface area contributed by atoms with Crippen molar-refractivity contribution in [1.29, 1.82) is 0 Å². The summed E-state index contributed by atoms with van der Waals surface area (Å²) in [6.45, 7) is 5.73. The van der Waals surface area contributed by atoms with E-state index in [1.165, 1.54) is 6.92 Å². The zero-order valence-corrected chi connectivity index (χ0v) is 18.6. The second kappa shape index (κ2) is 10.1. The van der Waals surface area contributed by atoms with E-state index in [2.05, 4.69) is 0 Å². The van der Waals surface area contributed by atoms with Crippen LogP contribution in [0, 0.1) is 0 Å². The van der Waals surface area contributed by atoms with Gasteiger partial charge in [-0.05, 0) is 19.4 Å². The molecule has 1 amide bonds. The molecule has 2 aromatic carbocycles. The molecule has 4 rings (SSSR count). The van der Waals surface area contributed by atoms with Crippen LogP contribution in [-0.2, 0) is 30.3 Å². The first kappa shape index (κ1) is 22.9. The average Bonchev–Trinajstić information content (AvgIpc) is 2.79. The van der Waals surface area contributed by atoms with E-state index in [-0.39, 0.29) is 18.6 Å². The number of rotatable bonds is 6. The van der Waals surface area contributed by atoms with Gasteiger partial charge in [-0.2, -0.15) is 0 Å². The number of ether oxygens (including phenoxy) is 4. The highest BCUT2D eigenvalue weighted by molar-refractivity contribution is 5.74. The van der Waals surface area contributed by atoms with E-state index in [0.29, 0.717) is 6.61 Å². The van der Waals surface area contributed by atoms with Crippen LogP contribution >= 0.6 is 0 Å². The highest BCUT2D eigenvalue weighted by Crippen LogP contribution is 2.36. The summed E-state index contributed by atoms with van der Waals surface area (Å²) in [6.07, 6.45) is -3.87. The van der Waals surface area contributed by atoms with Gasteiger partial charge in [-0.3, -0.25) is 4.79 Å². The summed E-state index contributed by atoms with van der Waals surface area (Å²) in [5.74, 6) is -0.201. The van der Waals surface area contributed by atoms with Crippen LogP contribution in [-0.4, -0.2) is 54.1 Å². The minimum absolute atomic E-state index is 0.193. The number of amides is 1. The van der Waals surface area contributed by atoms with Crippen LogP contribution in [0.4, 0.5) is 0 Å². The molecule has 0 bridgehead atoms. The maximum atomic E-state index is 13.1. The lowest BCUT2D eigenvalue weighted by atomic mass is 9.93. The smallest absolute Gasteiger partial charge is 0.220 e. The third-order valence-corrected chi connectivity index (χ3v) is 5.91. The molecule has 32 heavy (non-hydrogen) atoms. The predicted molar refractivity (Wildman–Crippen MR) is 115 cm³/mol. The molecular weight excluding hydrogens is 410 g/mol.